The zero-order valence-corrected chi connectivity index (χ0v) is 10.1. The normalized spacial score (nSPS) is 23.1. The predicted molar refractivity (Wildman–Crippen MR) is 65.4 cm³/mol. The van der Waals surface area contributed by atoms with Crippen LogP contribution in [0, 0.1) is 19.8 Å². The fourth-order valence-electron chi connectivity index (χ4n) is 2.46. The van der Waals surface area contributed by atoms with Crippen LogP contribution in [0.25, 0.3) is 0 Å². The van der Waals surface area contributed by atoms with Gasteiger partial charge in [-0.15, -0.1) is 0 Å². The molecule has 0 saturated carbocycles. The SMILES string of the molecule is Cc1cccc(C(F)C2CCCNC2)c1C. The highest BCUT2D eigenvalue weighted by atomic mass is 19.1. The first-order valence-corrected chi connectivity index (χ1v) is 6.11. The van der Waals surface area contributed by atoms with E-state index < -0.39 is 6.17 Å². The van der Waals surface area contributed by atoms with E-state index in [1.54, 1.807) is 0 Å². The van der Waals surface area contributed by atoms with Crippen LogP contribution in [0.4, 0.5) is 4.39 Å². The topological polar surface area (TPSA) is 12.0 Å². The van der Waals surface area contributed by atoms with Crippen molar-refractivity contribution >= 4 is 0 Å². The Morgan fingerprint density at radius 1 is 1.38 bits per heavy atom. The lowest BCUT2D eigenvalue weighted by molar-refractivity contribution is 0.194. The Balaban J connectivity index is 2.19. The van der Waals surface area contributed by atoms with E-state index >= 15 is 0 Å². The molecule has 1 nitrogen and oxygen atoms in total. The van der Waals surface area contributed by atoms with Crippen molar-refractivity contribution in [3.05, 3.63) is 34.9 Å². The highest BCUT2D eigenvalue weighted by Gasteiger charge is 2.25. The van der Waals surface area contributed by atoms with Crippen LogP contribution < -0.4 is 5.32 Å². The Labute approximate surface area is 97.1 Å². The minimum atomic E-state index is -0.812. The second kappa shape index (κ2) is 4.96. The number of alkyl halides is 1. The molecule has 2 atom stereocenters. The maximum Gasteiger partial charge on any atom is 0.129 e. The molecule has 88 valence electrons. The van der Waals surface area contributed by atoms with Crippen molar-refractivity contribution in [2.75, 3.05) is 13.1 Å². The molecular formula is C14H20FN. The van der Waals surface area contributed by atoms with Crippen LogP contribution in [0.3, 0.4) is 0 Å². The van der Waals surface area contributed by atoms with E-state index in [0.29, 0.717) is 0 Å². The van der Waals surface area contributed by atoms with Crippen LogP contribution in [-0.2, 0) is 0 Å². The molecule has 2 unspecified atom stereocenters. The summed E-state index contributed by atoms with van der Waals surface area (Å²) in [5.74, 6) is 0.147. The summed E-state index contributed by atoms with van der Waals surface area (Å²) in [6, 6.07) is 5.94. The quantitative estimate of drug-likeness (QED) is 0.808. The van der Waals surface area contributed by atoms with Crippen molar-refractivity contribution in [1.29, 1.82) is 0 Å². The van der Waals surface area contributed by atoms with Gasteiger partial charge >= 0.3 is 0 Å². The van der Waals surface area contributed by atoms with E-state index in [-0.39, 0.29) is 5.92 Å². The van der Waals surface area contributed by atoms with Gasteiger partial charge in [0, 0.05) is 12.5 Å². The second-order valence-corrected chi connectivity index (χ2v) is 4.80. The standard InChI is InChI=1S/C14H20FN/c1-10-5-3-7-13(11(10)2)14(15)12-6-4-8-16-9-12/h3,5,7,12,14,16H,4,6,8-9H2,1-2H3. The number of hydrogen-bond acceptors (Lipinski definition) is 1. The number of hydrogen-bond donors (Lipinski definition) is 1. The third-order valence-corrected chi connectivity index (χ3v) is 3.69. The lowest BCUT2D eigenvalue weighted by atomic mass is 9.87. The van der Waals surface area contributed by atoms with Gasteiger partial charge in [-0.1, -0.05) is 18.2 Å². The summed E-state index contributed by atoms with van der Waals surface area (Å²) in [5, 5.41) is 3.28. The Morgan fingerprint density at radius 2 is 2.19 bits per heavy atom. The molecule has 0 bridgehead atoms. The summed E-state index contributed by atoms with van der Waals surface area (Å²) in [4.78, 5) is 0. The van der Waals surface area contributed by atoms with Gasteiger partial charge in [0.25, 0.3) is 0 Å². The molecule has 1 N–H and O–H groups in total. The third-order valence-electron chi connectivity index (χ3n) is 3.69. The van der Waals surface area contributed by atoms with Crippen LogP contribution in [0.1, 0.15) is 35.7 Å². The van der Waals surface area contributed by atoms with E-state index in [0.717, 1.165) is 37.1 Å². The first-order chi connectivity index (χ1) is 7.70. The van der Waals surface area contributed by atoms with E-state index in [1.807, 2.05) is 32.0 Å². The lowest BCUT2D eigenvalue weighted by Crippen LogP contribution is -2.32. The first kappa shape index (κ1) is 11.6. The molecule has 2 rings (SSSR count). The molecule has 0 amide bonds. The molecule has 1 aromatic rings. The average Bonchev–Trinajstić information content (AvgIpc) is 2.33. The molecule has 1 aromatic carbocycles. The zero-order valence-electron chi connectivity index (χ0n) is 10.1. The molecule has 2 heteroatoms. The molecule has 0 aliphatic carbocycles. The van der Waals surface area contributed by atoms with Crippen molar-refractivity contribution in [3.8, 4) is 0 Å². The predicted octanol–water partition coefficient (Wildman–Crippen LogP) is 3.31. The minimum absolute atomic E-state index is 0.147. The highest BCUT2D eigenvalue weighted by Crippen LogP contribution is 2.33. The van der Waals surface area contributed by atoms with Gasteiger partial charge in [-0.25, -0.2) is 4.39 Å². The molecule has 1 aliphatic heterocycles. The van der Waals surface area contributed by atoms with Gasteiger partial charge in [0.2, 0.25) is 0 Å². The van der Waals surface area contributed by atoms with Gasteiger partial charge in [0.15, 0.2) is 0 Å². The first-order valence-electron chi connectivity index (χ1n) is 6.11. The summed E-state index contributed by atoms with van der Waals surface area (Å²) in [7, 11) is 0. The summed E-state index contributed by atoms with van der Waals surface area (Å²) in [6.45, 7) is 5.92. The van der Waals surface area contributed by atoms with Crippen molar-refractivity contribution in [1.82, 2.24) is 5.32 Å². The summed E-state index contributed by atoms with van der Waals surface area (Å²) in [6.07, 6.45) is 1.28. The van der Waals surface area contributed by atoms with Crippen LogP contribution in [0.5, 0.6) is 0 Å². The van der Waals surface area contributed by atoms with E-state index in [2.05, 4.69) is 5.32 Å². The van der Waals surface area contributed by atoms with Gasteiger partial charge in [-0.2, -0.15) is 0 Å². The van der Waals surface area contributed by atoms with Gasteiger partial charge in [0.1, 0.15) is 6.17 Å². The lowest BCUT2D eigenvalue weighted by Gasteiger charge is -2.27. The van der Waals surface area contributed by atoms with Crippen molar-refractivity contribution < 1.29 is 4.39 Å². The molecule has 1 heterocycles. The minimum Gasteiger partial charge on any atom is -0.316 e. The maximum atomic E-state index is 14.4. The van der Waals surface area contributed by atoms with Crippen LogP contribution in [0.2, 0.25) is 0 Å². The molecule has 0 spiro atoms. The summed E-state index contributed by atoms with van der Waals surface area (Å²) >= 11 is 0. The second-order valence-electron chi connectivity index (χ2n) is 4.80. The molecule has 1 aliphatic rings. The van der Waals surface area contributed by atoms with Crippen molar-refractivity contribution in [2.45, 2.75) is 32.9 Å². The Morgan fingerprint density at radius 3 is 2.88 bits per heavy atom. The Bertz CT molecular complexity index is 356. The number of rotatable bonds is 2. The van der Waals surface area contributed by atoms with Gasteiger partial charge in [-0.05, 0) is 49.9 Å². The maximum absolute atomic E-state index is 14.4. The van der Waals surface area contributed by atoms with E-state index in [9.17, 15) is 4.39 Å². The highest BCUT2D eigenvalue weighted by molar-refractivity contribution is 5.35. The van der Waals surface area contributed by atoms with E-state index in [4.69, 9.17) is 0 Å². The Hall–Kier alpha value is -0.890. The largest absolute Gasteiger partial charge is 0.316 e. The number of aryl methyl sites for hydroxylation is 1. The van der Waals surface area contributed by atoms with Crippen LogP contribution >= 0.6 is 0 Å². The van der Waals surface area contributed by atoms with Gasteiger partial charge in [0.05, 0.1) is 0 Å². The molecule has 1 fully saturated rings. The molecule has 0 aromatic heterocycles. The average molecular weight is 221 g/mol. The number of piperidine rings is 1. The number of nitrogens with one attached hydrogen (secondary N) is 1. The van der Waals surface area contributed by atoms with Crippen LogP contribution in [-0.4, -0.2) is 13.1 Å². The summed E-state index contributed by atoms with van der Waals surface area (Å²) < 4.78 is 14.4. The number of halogens is 1. The fourth-order valence-corrected chi connectivity index (χ4v) is 2.46. The van der Waals surface area contributed by atoms with Gasteiger partial charge < -0.3 is 5.32 Å². The zero-order chi connectivity index (χ0) is 11.5. The molecular weight excluding hydrogens is 201 g/mol. The molecule has 0 radical (unpaired) electrons. The monoisotopic (exact) mass is 221 g/mol. The van der Waals surface area contributed by atoms with Crippen molar-refractivity contribution in [2.24, 2.45) is 5.92 Å². The fraction of sp³-hybridized carbons (Fsp3) is 0.571. The molecule has 16 heavy (non-hydrogen) atoms. The van der Waals surface area contributed by atoms with E-state index in [1.165, 1.54) is 5.56 Å². The smallest absolute Gasteiger partial charge is 0.129 e. The van der Waals surface area contributed by atoms with Gasteiger partial charge in [-0.3, -0.25) is 0 Å². The van der Waals surface area contributed by atoms with Crippen molar-refractivity contribution in [3.63, 3.8) is 0 Å². The van der Waals surface area contributed by atoms with Crippen LogP contribution in [0.15, 0.2) is 18.2 Å². The Kier molecular flexibility index (Phi) is 3.59. The third kappa shape index (κ3) is 2.27. The number of benzene rings is 1. The summed E-state index contributed by atoms with van der Waals surface area (Å²) in [5.41, 5.74) is 3.18. The molecule has 1 saturated heterocycles.